The van der Waals surface area contributed by atoms with Crippen LogP contribution in [0.2, 0.25) is 0 Å². The first kappa shape index (κ1) is 12.6. The normalized spacial score (nSPS) is 17.2. The van der Waals surface area contributed by atoms with Crippen molar-refractivity contribution in [3.63, 3.8) is 0 Å². The second-order valence-corrected chi connectivity index (χ2v) is 5.13. The molecular formula is C13H17BrN2O. The van der Waals surface area contributed by atoms with Crippen molar-refractivity contribution in [1.82, 2.24) is 5.43 Å². The first-order valence-corrected chi connectivity index (χ1v) is 6.54. The number of aryl methyl sites for hydroxylation is 1. The van der Waals surface area contributed by atoms with Crippen LogP contribution < -0.4 is 11.3 Å². The molecule has 0 radical (unpaired) electrons. The van der Waals surface area contributed by atoms with Crippen molar-refractivity contribution < 1.29 is 4.74 Å². The highest BCUT2D eigenvalue weighted by molar-refractivity contribution is 9.10. The maximum absolute atomic E-state index is 5.67. The van der Waals surface area contributed by atoms with Gasteiger partial charge < -0.3 is 4.74 Å². The number of rotatable bonds is 3. The molecule has 17 heavy (non-hydrogen) atoms. The van der Waals surface area contributed by atoms with Crippen LogP contribution in [0.25, 0.3) is 0 Å². The van der Waals surface area contributed by atoms with Gasteiger partial charge in [-0.15, -0.1) is 0 Å². The summed E-state index contributed by atoms with van der Waals surface area (Å²) in [5, 5.41) is 0. The van der Waals surface area contributed by atoms with Gasteiger partial charge in [-0.25, -0.2) is 5.43 Å². The molecule has 0 saturated carbocycles. The number of hydrogen-bond acceptors (Lipinski definition) is 3. The van der Waals surface area contributed by atoms with Gasteiger partial charge in [0.15, 0.2) is 0 Å². The Balaban J connectivity index is 2.28. The lowest BCUT2D eigenvalue weighted by Gasteiger charge is -2.23. The van der Waals surface area contributed by atoms with Crippen LogP contribution in [0.4, 0.5) is 0 Å². The molecule has 3 N–H and O–H groups in total. The zero-order valence-electron chi connectivity index (χ0n) is 9.87. The molecule has 0 spiro atoms. The number of nitrogens with two attached hydrogens (primary N) is 1. The largest absolute Gasteiger partial charge is 0.501 e. The van der Waals surface area contributed by atoms with Crippen molar-refractivity contribution in [2.75, 3.05) is 6.61 Å². The molecule has 0 amide bonds. The molecule has 1 unspecified atom stereocenters. The van der Waals surface area contributed by atoms with E-state index in [1.165, 1.54) is 16.7 Å². The standard InChI is InChI=1S/C13H17BrN2O/c1-9-7-10(4-5-12(9)14)13(16-15)11-3-2-6-17-8-11/h4-5,7-8,13,16H,2-3,6,15H2,1H3. The molecule has 0 aromatic heterocycles. The van der Waals surface area contributed by atoms with Crippen LogP contribution in [-0.2, 0) is 4.74 Å². The van der Waals surface area contributed by atoms with Gasteiger partial charge in [0, 0.05) is 4.47 Å². The van der Waals surface area contributed by atoms with Crippen LogP contribution in [0.5, 0.6) is 0 Å². The summed E-state index contributed by atoms with van der Waals surface area (Å²) < 4.78 is 6.49. The number of halogens is 1. The number of hydrazine groups is 1. The predicted molar refractivity (Wildman–Crippen MR) is 72.2 cm³/mol. The Hall–Kier alpha value is -0.840. The maximum Gasteiger partial charge on any atom is 0.0876 e. The summed E-state index contributed by atoms with van der Waals surface area (Å²) in [6, 6.07) is 6.32. The number of ether oxygens (including phenoxy) is 1. The van der Waals surface area contributed by atoms with Gasteiger partial charge in [0.05, 0.1) is 18.9 Å². The molecule has 0 aliphatic carbocycles. The topological polar surface area (TPSA) is 47.3 Å². The average molecular weight is 297 g/mol. The van der Waals surface area contributed by atoms with E-state index in [1.807, 2.05) is 6.26 Å². The third kappa shape index (κ3) is 2.89. The van der Waals surface area contributed by atoms with E-state index in [-0.39, 0.29) is 6.04 Å². The number of benzene rings is 1. The van der Waals surface area contributed by atoms with Gasteiger partial charge in [0.2, 0.25) is 0 Å². The van der Waals surface area contributed by atoms with Gasteiger partial charge in [0.1, 0.15) is 0 Å². The first-order valence-electron chi connectivity index (χ1n) is 5.75. The smallest absolute Gasteiger partial charge is 0.0876 e. The van der Waals surface area contributed by atoms with E-state index < -0.39 is 0 Å². The minimum atomic E-state index is 0.0436. The molecule has 0 fully saturated rings. The summed E-state index contributed by atoms with van der Waals surface area (Å²) in [5.41, 5.74) is 6.46. The molecule has 1 aromatic carbocycles. The lowest BCUT2D eigenvalue weighted by Crippen LogP contribution is -2.30. The molecule has 2 rings (SSSR count). The second kappa shape index (κ2) is 5.67. The summed E-state index contributed by atoms with van der Waals surface area (Å²) in [6.07, 6.45) is 3.93. The van der Waals surface area contributed by atoms with E-state index in [0.29, 0.717) is 0 Å². The summed E-state index contributed by atoms with van der Waals surface area (Å²) in [5.74, 6) is 5.67. The number of nitrogens with one attached hydrogen (secondary N) is 1. The monoisotopic (exact) mass is 296 g/mol. The quantitative estimate of drug-likeness (QED) is 0.666. The Kier molecular flexibility index (Phi) is 4.20. The lowest BCUT2D eigenvalue weighted by molar-refractivity contribution is 0.219. The Morgan fingerprint density at radius 2 is 2.29 bits per heavy atom. The van der Waals surface area contributed by atoms with Crippen LogP contribution >= 0.6 is 15.9 Å². The van der Waals surface area contributed by atoms with E-state index in [1.54, 1.807) is 0 Å². The molecule has 1 aromatic rings. The van der Waals surface area contributed by atoms with Crippen LogP contribution in [0.1, 0.15) is 30.0 Å². The van der Waals surface area contributed by atoms with Crippen molar-refractivity contribution in [1.29, 1.82) is 0 Å². The molecule has 0 saturated heterocycles. The first-order chi connectivity index (χ1) is 8.22. The average Bonchev–Trinajstić information content (AvgIpc) is 2.36. The van der Waals surface area contributed by atoms with E-state index in [2.05, 4.69) is 46.5 Å². The van der Waals surface area contributed by atoms with Gasteiger partial charge in [-0.3, -0.25) is 5.84 Å². The minimum Gasteiger partial charge on any atom is -0.501 e. The summed E-state index contributed by atoms with van der Waals surface area (Å²) in [7, 11) is 0. The SMILES string of the molecule is Cc1cc(C(NN)C2=COCCC2)ccc1Br. The third-order valence-electron chi connectivity index (χ3n) is 3.02. The number of hydrogen-bond donors (Lipinski definition) is 2. The predicted octanol–water partition coefficient (Wildman–Crippen LogP) is 2.96. The summed E-state index contributed by atoms with van der Waals surface area (Å²) in [6.45, 7) is 2.88. The van der Waals surface area contributed by atoms with Gasteiger partial charge in [-0.05, 0) is 42.5 Å². The van der Waals surface area contributed by atoms with Crippen LogP contribution in [-0.4, -0.2) is 6.61 Å². The van der Waals surface area contributed by atoms with Crippen molar-refractivity contribution >= 4 is 15.9 Å². The molecule has 4 heteroatoms. The minimum absolute atomic E-state index is 0.0436. The van der Waals surface area contributed by atoms with E-state index in [4.69, 9.17) is 10.6 Å². The zero-order chi connectivity index (χ0) is 12.3. The Morgan fingerprint density at radius 1 is 1.47 bits per heavy atom. The highest BCUT2D eigenvalue weighted by atomic mass is 79.9. The molecule has 3 nitrogen and oxygen atoms in total. The molecule has 1 heterocycles. The molecular weight excluding hydrogens is 280 g/mol. The van der Waals surface area contributed by atoms with E-state index in [9.17, 15) is 0 Å². The highest BCUT2D eigenvalue weighted by Gasteiger charge is 2.18. The molecule has 1 atom stereocenters. The second-order valence-electron chi connectivity index (χ2n) is 4.28. The van der Waals surface area contributed by atoms with Crippen LogP contribution in [0, 0.1) is 6.92 Å². The van der Waals surface area contributed by atoms with E-state index in [0.717, 1.165) is 23.9 Å². The molecule has 1 aliphatic heterocycles. The zero-order valence-corrected chi connectivity index (χ0v) is 11.5. The lowest BCUT2D eigenvalue weighted by atomic mass is 9.95. The van der Waals surface area contributed by atoms with Gasteiger partial charge in [0.25, 0.3) is 0 Å². The Bertz CT molecular complexity index is 431. The third-order valence-corrected chi connectivity index (χ3v) is 3.90. The summed E-state index contributed by atoms with van der Waals surface area (Å²) >= 11 is 3.51. The van der Waals surface area contributed by atoms with Crippen molar-refractivity contribution in [3.05, 3.63) is 45.6 Å². The van der Waals surface area contributed by atoms with Crippen LogP contribution in [0.15, 0.2) is 34.5 Å². The maximum atomic E-state index is 5.67. The molecule has 92 valence electrons. The molecule has 1 aliphatic rings. The van der Waals surface area contributed by atoms with Gasteiger partial charge >= 0.3 is 0 Å². The Morgan fingerprint density at radius 3 is 2.88 bits per heavy atom. The van der Waals surface area contributed by atoms with Crippen molar-refractivity contribution in [3.8, 4) is 0 Å². The Labute approximate surface area is 110 Å². The van der Waals surface area contributed by atoms with Crippen molar-refractivity contribution in [2.45, 2.75) is 25.8 Å². The fraction of sp³-hybridized carbons (Fsp3) is 0.385. The van der Waals surface area contributed by atoms with E-state index >= 15 is 0 Å². The molecule has 0 bridgehead atoms. The fourth-order valence-corrected chi connectivity index (χ4v) is 2.31. The highest BCUT2D eigenvalue weighted by Crippen LogP contribution is 2.29. The van der Waals surface area contributed by atoms with Gasteiger partial charge in [-0.1, -0.05) is 28.1 Å². The van der Waals surface area contributed by atoms with Crippen molar-refractivity contribution in [2.24, 2.45) is 5.84 Å². The fourth-order valence-electron chi connectivity index (χ4n) is 2.06. The summed E-state index contributed by atoms with van der Waals surface area (Å²) in [4.78, 5) is 0. The van der Waals surface area contributed by atoms with Crippen LogP contribution in [0.3, 0.4) is 0 Å². The van der Waals surface area contributed by atoms with Gasteiger partial charge in [-0.2, -0.15) is 0 Å².